The fraction of sp³-hybridized carbons (Fsp3) is 0.500. The standard InChI is InChI=1S/C14H19N3S2/c1-2-17(9-10-5-4-8-18-10)14-16-13-11(15)6-3-7-12(13)19-14/h4-5,8,11H,2-3,6-7,9,15H2,1H3. The van der Waals surface area contributed by atoms with Crippen molar-refractivity contribution in [2.75, 3.05) is 11.4 Å². The fourth-order valence-electron chi connectivity index (χ4n) is 2.48. The molecule has 3 rings (SSSR count). The highest BCUT2D eigenvalue weighted by molar-refractivity contribution is 7.15. The molecule has 3 nitrogen and oxygen atoms in total. The van der Waals surface area contributed by atoms with E-state index in [-0.39, 0.29) is 6.04 Å². The summed E-state index contributed by atoms with van der Waals surface area (Å²) in [7, 11) is 0. The Bertz CT molecular complexity index is 533. The van der Waals surface area contributed by atoms with Crippen molar-refractivity contribution in [3.05, 3.63) is 33.0 Å². The van der Waals surface area contributed by atoms with Crippen LogP contribution in [0, 0.1) is 0 Å². The molecule has 0 bridgehead atoms. The summed E-state index contributed by atoms with van der Waals surface area (Å²) in [4.78, 5) is 9.95. The molecule has 0 radical (unpaired) electrons. The Labute approximate surface area is 122 Å². The summed E-state index contributed by atoms with van der Waals surface area (Å²) in [6.07, 6.45) is 3.43. The third-order valence-corrected chi connectivity index (χ3v) is 5.62. The molecule has 0 spiro atoms. The van der Waals surface area contributed by atoms with E-state index in [1.54, 1.807) is 0 Å². The van der Waals surface area contributed by atoms with E-state index in [1.165, 1.54) is 16.2 Å². The van der Waals surface area contributed by atoms with Gasteiger partial charge in [-0.25, -0.2) is 4.98 Å². The van der Waals surface area contributed by atoms with Gasteiger partial charge in [0.2, 0.25) is 0 Å². The lowest BCUT2D eigenvalue weighted by atomic mass is 9.99. The summed E-state index contributed by atoms with van der Waals surface area (Å²) >= 11 is 3.64. The lowest BCUT2D eigenvalue weighted by Gasteiger charge is -2.18. The third-order valence-electron chi connectivity index (χ3n) is 3.57. The number of aromatic nitrogens is 1. The summed E-state index contributed by atoms with van der Waals surface area (Å²) < 4.78 is 0. The Morgan fingerprint density at radius 3 is 3.11 bits per heavy atom. The van der Waals surface area contributed by atoms with Gasteiger partial charge in [0, 0.05) is 22.3 Å². The van der Waals surface area contributed by atoms with Crippen LogP contribution in [0.1, 0.15) is 41.3 Å². The van der Waals surface area contributed by atoms with E-state index in [0.717, 1.165) is 36.8 Å². The zero-order valence-electron chi connectivity index (χ0n) is 11.1. The number of anilines is 1. The summed E-state index contributed by atoms with van der Waals surface area (Å²) in [6, 6.07) is 4.44. The molecule has 0 amide bonds. The van der Waals surface area contributed by atoms with Crippen molar-refractivity contribution in [3.63, 3.8) is 0 Å². The highest BCUT2D eigenvalue weighted by Gasteiger charge is 2.23. The first-order chi connectivity index (χ1) is 9.28. The topological polar surface area (TPSA) is 42.2 Å². The number of rotatable bonds is 4. The molecule has 1 unspecified atom stereocenters. The molecule has 1 aliphatic carbocycles. The summed E-state index contributed by atoms with van der Waals surface area (Å²) in [5.74, 6) is 0. The quantitative estimate of drug-likeness (QED) is 0.937. The second-order valence-electron chi connectivity index (χ2n) is 4.90. The molecule has 0 aliphatic heterocycles. The zero-order valence-corrected chi connectivity index (χ0v) is 12.8. The number of hydrogen-bond donors (Lipinski definition) is 1. The maximum Gasteiger partial charge on any atom is 0.186 e. The molecule has 0 aromatic carbocycles. The number of aryl methyl sites for hydroxylation is 1. The monoisotopic (exact) mass is 293 g/mol. The van der Waals surface area contributed by atoms with Gasteiger partial charge in [-0.2, -0.15) is 0 Å². The van der Waals surface area contributed by atoms with Crippen molar-refractivity contribution >= 4 is 27.8 Å². The van der Waals surface area contributed by atoms with Crippen molar-refractivity contribution in [3.8, 4) is 0 Å². The largest absolute Gasteiger partial charge is 0.343 e. The van der Waals surface area contributed by atoms with Crippen LogP contribution in [0.3, 0.4) is 0 Å². The number of hydrogen-bond acceptors (Lipinski definition) is 5. The molecule has 102 valence electrons. The maximum atomic E-state index is 6.17. The van der Waals surface area contributed by atoms with Gasteiger partial charge in [-0.3, -0.25) is 0 Å². The third kappa shape index (κ3) is 2.68. The second kappa shape index (κ2) is 5.61. The predicted octanol–water partition coefficient (Wildman–Crippen LogP) is 3.57. The summed E-state index contributed by atoms with van der Waals surface area (Å²) in [5.41, 5.74) is 7.31. The Morgan fingerprint density at radius 1 is 1.53 bits per heavy atom. The van der Waals surface area contributed by atoms with E-state index in [0.29, 0.717) is 0 Å². The maximum absolute atomic E-state index is 6.17. The van der Waals surface area contributed by atoms with Crippen LogP contribution in [0.5, 0.6) is 0 Å². The molecule has 1 aliphatic rings. The Balaban J connectivity index is 1.83. The number of nitrogens with two attached hydrogens (primary N) is 1. The molecule has 2 N–H and O–H groups in total. The van der Waals surface area contributed by atoms with Crippen molar-refractivity contribution in [1.29, 1.82) is 0 Å². The predicted molar refractivity (Wildman–Crippen MR) is 83.0 cm³/mol. The van der Waals surface area contributed by atoms with Crippen LogP contribution < -0.4 is 10.6 Å². The average molecular weight is 293 g/mol. The highest BCUT2D eigenvalue weighted by atomic mass is 32.1. The van der Waals surface area contributed by atoms with E-state index in [9.17, 15) is 0 Å². The van der Waals surface area contributed by atoms with Gasteiger partial charge in [-0.15, -0.1) is 22.7 Å². The number of thiazole rings is 1. The van der Waals surface area contributed by atoms with Gasteiger partial charge in [0.05, 0.1) is 12.2 Å². The number of thiophene rings is 1. The van der Waals surface area contributed by atoms with Crippen LogP contribution in [-0.2, 0) is 13.0 Å². The minimum Gasteiger partial charge on any atom is -0.343 e. The normalized spacial score (nSPS) is 18.3. The Kier molecular flexibility index (Phi) is 3.86. The SMILES string of the molecule is CCN(Cc1cccs1)c1nc2c(s1)CCCC2N. The first kappa shape index (κ1) is 13.1. The van der Waals surface area contributed by atoms with Crippen LogP contribution in [0.25, 0.3) is 0 Å². The minimum absolute atomic E-state index is 0.147. The van der Waals surface area contributed by atoms with Crippen LogP contribution in [-0.4, -0.2) is 11.5 Å². The van der Waals surface area contributed by atoms with Crippen LogP contribution >= 0.6 is 22.7 Å². The van der Waals surface area contributed by atoms with E-state index in [2.05, 4.69) is 29.3 Å². The van der Waals surface area contributed by atoms with Gasteiger partial charge in [0.15, 0.2) is 5.13 Å². The van der Waals surface area contributed by atoms with Gasteiger partial charge < -0.3 is 10.6 Å². The lowest BCUT2D eigenvalue weighted by molar-refractivity contribution is 0.563. The number of nitrogens with zero attached hydrogens (tertiary/aromatic N) is 2. The number of fused-ring (bicyclic) bond motifs is 1. The van der Waals surface area contributed by atoms with Gasteiger partial charge >= 0.3 is 0 Å². The van der Waals surface area contributed by atoms with Crippen LogP contribution in [0.4, 0.5) is 5.13 Å². The minimum atomic E-state index is 0.147. The summed E-state index contributed by atoms with van der Waals surface area (Å²) in [5, 5.41) is 3.27. The van der Waals surface area contributed by atoms with E-state index in [1.807, 2.05) is 22.7 Å². The van der Waals surface area contributed by atoms with E-state index in [4.69, 9.17) is 10.7 Å². The smallest absolute Gasteiger partial charge is 0.186 e. The molecule has 5 heteroatoms. The Hall–Kier alpha value is -0.910. The van der Waals surface area contributed by atoms with Crippen LogP contribution in [0.2, 0.25) is 0 Å². The first-order valence-corrected chi connectivity index (χ1v) is 8.50. The fourth-order valence-corrected chi connectivity index (χ4v) is 4.43. The van der Waals surface area contributed by atoms with Crippen molar-refractivity contribution < 1.29 is 0 Å². The molecule has 2 heterocycles. The molecular formula is C14H19N3S2. The Morgan fingerprint density at radius 2 is 2.42 bits per heavy atom. The molecule has 0 saturated carbocycles. The van der Waals surface area contributed by atoms with Gasteiger partial charge in [-0.1, -0.05) is 6.07 Å². The molecule has 2 aromatic rings. The molecule has 2 aromatic heterocycles. The average Bonchev–Trinajstić information content (AvgIpc) is 3.05. The molecule has 19 heavy (non-hydrogen) atoms. The molecule has 0 saturated heterocycles. The zero-order chi connectivity index (χ0) is 13.2. The molecular weight excluding hydrogens is 274 g/mol. The van der Waals surface area contributed by atoms with E-state index < -0.39 is 0 Å². The lowest BCUT2D eigenvalue weighted by Crippen LogP contribution is -2.21. The second-order valence-corrected chi connectivity index (χ2v) is 6.99. The van der Waals surface area contributed by atoms with Crippen molar-refractivity contribution in [2.45, 2.75) is 38.8 Å². The van der Waals surface area contributed by atoms with Crippen molar-refractivity contribution in [2.24, 2.45) is 5.73 Å². The first-order valence-electron chi connectivity index (χ1n) is 6.80. The molecule has 1 atom stereocenters. The summed E-state index contributed by atoms with van der Waals surface area (Å²) in [6.45, 7) is 4.13. The van der Waals surface area contributed by atoms with Gasteiger partial charge in [0.1, 0.15) is 0 Å². The molecule has 0 fully saturated rings. The van der Waals surface area contributed by atoms with E-state index >= 15 is 0 Å². The van der Waals surface area contributed by atoms with Gasteiger partial charge in [0.25, 0.3) is 0 Å². The van der Waals surface area contributed by atoms with Crippen LogP contribution in [0.15, 0.2) is 17.5 Å². The van der Waals surface area contributed by atoms with Crippen molar-refractivity contribution in [1.82, 2.24) is 4.98 Å². The highest BCUT2D eigenvalue weighted by Crippen LogP contribution is 2.36. The van der Waals surface area contributed by atoms with Gasteiger partial charge in [-0.05, 0) is 37.6 Å².